The number of halogens is 3. The fourth-order valence-corrected chi connectivity index (χ4v) is 2.64. The highest BCUT2D eigenvalue weighted by atomic mass is 79.9. The summed E-state index contributed by atoms with van der Waals surface area (Å²) in [7, 11) is 1.50. The first-order valence-corrected chi connectivity index (χ1v) is 7.59. The van der Waals surface area contributed by atoms with Gasteiger partial charge < -0.3 is 11.1 Å². The zero-order valence-corrected chi connectivity index (χ0v) is 14.6. The van der Waals surface area contributed by atoms with E-state index in [0.29, 0.717) is 5.69 Å². The molecule has 2 amide bonds. The Balaban J connectivity index is 2.28. The number of nitrogens with zero attached hydrogens (tertiary/aromatic N) is 4. The summed E-state index contributed by atoms with van der Waals surface area (Å²) in [5.41, 5.74) is 5.36. The highest BCUT2D eigenvalue weighted by Crippen LogP contribution is 2.30. The maximum atomic E-state index is 12.9. The third-order valence-corrected chi connectivity index (χ3v) is 4.46. The van der Waals surface area contributed by atoms with Crippen LogP contribution in [0.2, 0.25) is 0 Å². The number of alkyl halides is 2. The van der Waals surface area contributed by atoms with Gasteiger partial charge in [-0.3, -0.25) is 19.0 Å². The lowest BCUT2D eigenvalue weighted by atomic mass is 10.2. The Labute approximate surface area is 144 Å². The molecule has 8 nitrogen and oxygen atoms in total. The molecule has 0 saturated carbocycles. The number of primary amides is 1. The lowest BCUT2D eigenvalue weighted by Gasteiger charge is -2.14. The molecule has 3 N–H and O–H groups in total. The molecule has 0 bridgehead atoms. The van der Waals surface area contributed by atoms with Crippen LogP contribution in [-0.2, 0) is 11.8 Å². The van der Waals surface area contributed by atoms with Gasteiger partial charge in [0.05, 0.1) is 22.1 Å². The van der Waals surface area contributed by atoms with E-state index in [0.717, 1.165) is 0 Å². The average Bonchev–Trinajstić information content (AvgIpc) is 3.00. The highest BCUT2D eigenvalue weighted by molar-refractivity contribution is 9.10. The minimum absolute atomic E-state index is 0.0298. The van der Waals surface area contributed by atoms with Crippen LogP contribution in [0, 0.1) is 6.92 Å². The van der Waals surface area contributed by atoms with E-state index >= 15 is 0 Å². The van der Waals surface area contributed by atoms with Gasteiger partial charge in [-0.05, 0) is 29.8 Å². The number of aryl methyl sites for hydroxylation is 1. The lowest BCUT2D eigenvalue weighted by Crippen LogP contribution is -2.27. The Kier molecular flexibility index (Phi) is 5.02. The van der Waals surface area contributed by atoms with Gasteiger partial charge in [-0.1, -0.05) is 0 Å². The third kappa shape index (κ3) is 3.16. The summed E-state index contributed by atoms with van der Waals surface area (Å²) in [6, 6.07) is -0.894. The standard InChI is InChI=1S/C13H15BrF2N6O2/c1-5-8(14)9(11(15)16)20-22(5)6(2)13(24)19-7-4-18-21(3)10(7)12(17)23/h4,6,11H,1-3H3,(H2,17,23)(H,19,24). The molecule has 2 heterocycles. The molecule has 24 heavy (non-hydrogen) atoms. The molecule has 0 aliphatic heterocycles. The minimum Gasteiger partial charge on any atom is -0.364 e. The molecule has 0 fully saturated rings. The van der Waals surface area contributed by atoms with Crippen LogP contribution in [0.5, 0.6) is 0 Å². The summed E-state index contributed by atoms with van der Waals surface area (Å²) in [6.45, 7) is 3.06. The molecule has 0 radical (unpaired) electrons. The molecule has 11 heteroatoms. The maximum Gasteiger partial charge on any atom is 0.283 e. The summed E-state index contributed by atoms with van der Waals surface area (Å²) < 4.78 is 28.4. The van der Waals surface area contributed by atoms with E-state index in [2.05, 4.69) is 31.4 Å². The Morgan fingerprint density at radius 3 is 2.54 bits per heavy atom. The van der Waals surface area contributed by atoms with Crippen molar-refractivity contribution in [2.45, 2.75) is 26.3 Å². The van der Waals surface area contributed by atoms with Crippen molar-refractivity contribution in [2.24, 2.45) is 12.8 Å². The lowest BCUT2D eigenvalue weighted by molar-refractivity contribution is -0.119. The van der Waals surface area contributed by atoms with Crippen LogP contribution in [0.3, 0.4) is 0 Å². The molecular weight excluding hydrogens is 390 g/mol. The number of carbonyl (C=O) groups is 2. The average molecular weight is 405 g/mol. The van der Waals surface area contributed by atoms with Crippen LogP contribution < -0.4 is 11.1 Å². The molecular formula is C13H15BrF2N6O2. The zero-order chi connectivity index (χ0) is 18.2. The Hall–Kier alpha value is -2.30. The highest BCUT2D eigenvalue weighted by Gasteiger charge is 2.26. The minimum atomic E-state index is -2.77. The fraction of sp³-hybridized carbons (Fsp3) is 0.385. The first-order chi connectivity index (χ1) is 11.1. The second-order valence-electron chi connectivity index (χ2n) is 5.09. The smallest absolute Gasteiger partial charge is 0.283 e. The number of nitrogens with one attached hydrogen (secondary N) is 1. The molecule has 2 aromatic rings. The van der Waals surface area contributed by atoms with Crippen molar-refractivity contribution in [1.82, 2.24) is 19.6 Å². The third-order valence-electron chi connectivity index (χ3n) is 3.48. The molecule has 1 atom stereocenters. The Bertz CT molecular complexity index is 801. The Morgan fingerprint density at radius 2 is 2.04 bits per heavy atom. The summed E-state index contributed by atoms with van der Waals surface area (Å²) in [5.74, 6) is -1.31. The van der Waals surface area contributed by atoms with Crippen molar-refractivity contribution in [3.05, 3.63) is 27.8 Å². The number of carbonyl (C=O) groups excluding carboxylic acids is 2. The number of hydrogen-bond donors (Lipinski definition) is 2. The van der Waals surface area contributed by atoms with Gasteiger partial charge in [0.1, 0.15) is 17.4 Å². The van der Waals surface area contributed by atoms with Crippen molar-refractivity contribution in [1.29, 1.82) is 0 Å². The van der Waals surface area contributed by atoms with Crippen LogP contribution in [0.25, 0.3) is 0 Å². The fourth-order valence-electron chi connectivity index (χ4n) is 2.21. The first-order valence-electron chi connectivity index (χ1n) is 6.80. The molecule has 1 unspecified atom stereocenters. The van der Waals surface area contributed by atoms with Gasteiger partial charge in [-0.2, -0.15) is 10.2 Å². The van der Waals surface area contributed by atoms with E-state index < -0.39 is 30.0 Å². The summed E-state index contributed by atoms with van der Waals surface area (Å²) >= 11 is 3.05. The van der Waals surface area contributed by atoms with E-state index in [1.807, 2.05) is 0 Å². The predicted octanol–water partition coefficient (Wildman–Crippen LogP) is 1.92. The maximum absolute atomic E-state index is 12.9. The number of aromatic nitrogens is 4. The van der Waals surface area contributed by atoms with Crippen LogP contribution in [0.1, 0.15) is 41.3 Å². The van der Waals surface area contributed by atoms with Gasteiger partial charge in [0, 0.05) is 7.05 Å². The van der Waals surface area contributed by atoms with E-state index in [1.165, 1.54) is 29.5 Å². The number of nitrogens with two attached hydrogens (primary N) is 1. The van der Waals surface area contributed by atoms with Gasteiger partial charge in [0.25, 0.3) is 12.3 Å². The van der Waals surface area contributed by atoms with Gasteiger partial charge >= 0.3 is 0 Å². The molecule has 0 aliphatic rings. The Morgan fingerprint density at radius 1 is 1.42 bits per heavy atom. The number of hydrogen-bond acceptors (Lipinski definition) is 4. The number of rotatable bonds is 5. The van der Waals surface area contributed by atoms with Crippen molar-refractivity contribution in [2.75, 3.05) is 5.32 Å². The van der Waals surface area contributed by atoms with Gasteiger partial charge in [-0.15, -0.1) is 0 Å². The predicted molar refractivity (Wildman–Crippen MR) is 84.7 cm³/mol. The van der Waals surface area contributed by atoms with Crippen molar-refractivity contribution in [3.63, 3.8) is 0 Å². The molecule has 2 rings (SSSR count). The largest absolute Gasteiger partial charge is 0.364 e. The second-order valence-corrected chi connectivity index (χ2v) is 5.88. The zero-order valence-electron chi connectivity index (χ0n) is 13.0. The van der Waals surface area contributed by atoms with Crippen LogP contribution >= 0.6 is 15.9 Å². The van der Waals surface area contributed by atoms with Crippen LogP contribution in [-0.4, -0.2) is 31.4 Å². The van der Waals surface area contributed by atoms with Crippen molar-refractivity contribution >= 4 is 33.4 Å². The van der Waals surface area contributed by atoms with Crippen molar-refractivity contribution in [3.8, 4) is 0 Å². The van der Waals surface area contributed by atoms with E-state index in [-0.39, 0.29) is 15.9 Å². The summed E-state index contributed by atoms with van der Waals surface area (Å²) in [5, 5.41) is 10.1. The summed E-state index contributed by atoms with van der Waals surface area (Å²) in [4.78, 5) is 23.8. The summed E-state index contributed by atoms with van der Waals surface area (Å²) in [6.07, 6.45) is -1.49. The van der Waals surface area contributed by atoms with Gasteiger partial charge in [-0.25, -0.2) is 8.78 Å². The van der Waals surface area contributed by atoms with Crippen molar-refractivity contribution < 1.29 is 18.4 Å². The quantitative estimate of drug-likeness (QED) is 0.793. The molecule has 2 aromatic heterocycles. The molecule has 130 valence electrons. The molecule has 0 saturated heterocycles. The first kappa shape index (κ1) is 18.0. The molecule has 0 spiro atoms. The SMILES string of the molecule is Cc1c(Br)c(C(F)F)nn1C(C)C(=O)Nc1cnn(C)c1C(N)=O. The normalized spacial score (nSPS) is 12.5. The van der Waals surface area contributed by atoms with E-state index in [4.69, 9.17) is 5.73 Å². The van der Waals surface area contributed by atoms with Gasteiger partial charge in [0.2, 0.25) is 5.91 Å². The van der Waals surface area contributed by atoms with Crippen LogP contribution in [0.4, 0.5) is 14.5 Å². The number of anilines is 1. The molecule has 0 aliphatic carbocycles. The second kappa shape index (κ2) is 6.67. The van der Waals surface area contributed by atoms with Gasteiger partial charge in [0.15, 0.2) is 0 Å². The number of amides is 2. The van der Waals surface area contributed by atoms with E-state index in [9.17, 15) is 18.4 Å². The van der Waals surface area contributed by atoms with Crippen LogP contribution in [0.15, 0.2) is 10.7 Å². The van der Waals surface area contributed by atoms with E-state index in [1.54, 1.807) is 6.92 Å². The topological polar surface area (TPSA) is 108 Å². The molecule has 0 aromatic carbocycles. The monoisotopic (exact) mass is 404 g/mol.